The number of carbonyl (C=O) groups excluding carboxylic acids is 1. The Labute approximate surface area is 180 Å². The third-order valence-electron chi connectivity index (χ3n) is 4.99. The molecule has 1 aromatic carbocycles. The van der Waals surface area contributed by atoms with Gasteiger partial charge in [0.15, 0.2) is 23.0 Å². The number of nitrogen functional groups attached to an aromatic ring is 1. The van der Waals surface area contributed by atoms with Gasteiger partial charge in [0.2, 0.25) is 0 Å². The van der Waals surface area contributed by atoms with Gasteiger partial charge in [-0.25, -0.2) is 15.0 Å². The number of rotatable bonds is 6. The number of benzene rings is 1. The number of nitrogens with two attached hydrogens (primary N) is 1. The van der Waals surface area contributed by atoms with Crippen molar-refractivity contribution in [2.75, 3.05) is 12.3 Å². The van der Waals surface area contributed by atoms with Crippen LogP contribution in [0.1, 0.15) is 29.4 Å². The Balaban J connectivity index is 1.35. The van der Waals surface area contributed by atoms with Crippen molar-refractivity contribution < 1.29 is 24.7 Å². The quantitative estimate of drug-likeness (QED) is 0.188. The van der Waals surface area contributed by atoms with Crippen LogP contribution in [0.3, 0.4) is 0 Å². The van der Waals surface area contributed by atoms with Crippen LogP contribution in [-0.4, -0.2) is 53.2 Å². The van der Waals surface area contributed by atoms with Crippen molar-refractivity contribution >= 4 is 28.6 Å². The van der Waals surface area contributed by atoms with Crippen molar-refractivity contribution in [2.45, 2.75) is 25.2 Å². The maximum atomic E-state index is 12.2. The Morgan fingerprint density at radius 1 is 1.34 bits per heavy atom. The van der Waals surface area contributed by atoms with E-state index in [4.69, 9.17) is 10.5 Å². The Morgan fingerprint density at radius 3 is 2.94 bits per heavy atom. The van der Waals surface area contributed by atoms with Crippen LogP contribution < -0.4 is 11.1 Å². The molecule has 0 spiro atoms. The van der Waals surface area contributed by atoms with Gasteiger partial charge in [-0.15, -0.1) is 0 Å². The van der Waals surface area contributed by atoms with E-state index in [0.29, 0.717) is 17.0 Å². The van der Waals surface area contributed by atoms with Gasteiger partial charge in [-0.1, -0.05) is 12.2 Å². The standard InChI is InChI=1S/C19H19N7O6/c20-17-15-18(23-8-22-17)25(9-24-15)14-4-3-11(32-14)2-1-5-21-19(29)12-6-10(26(30)31)7-13(27)16(12)28/h1-2,6-9,11,14,27-28H,3-5H2,(H,21,29)(H2,20,22,23)/b2-1+/t11-,14-/m1/s1. The first-order chi connectivity index (χ1) is 15.3. The van der Waals surface area contributed by atoms with Gasteiger partial charge in [-0.05, 0) is 12.8 Å². The van der Waals surface area contributed by atoms with E-state index in [9.17, 15) is 25.1 Å². The molecular formula is C19H19N7O6. The fourth-order valence-electron chi connectivity index (χ4n) is 3.42. The minimum atomic E-state index is -0.770. The lowest BCUT2D eigenvalue weighted by molar-refractivity contribution is -0.385. The molecule has 3 aromatic rings. The van der Waals surface area contributed by atoms with Crippen molar-refractivity contribution in [3.8, 4) is 11.5 Å². The van der Waals surface area contributed by atoms with Gasteiger partial charge in [0.25, 0.3) is 11.6 Å². The molecule has 32 heavy (non-hydrogen) atoms. The molecule has 2 aromatic heterocycles. The van der Waals surface area contributed by atoms with Crippen LogP contribution in [0.5, 0.6) is 11.5 Å². The van der Waals surface area contributed by atoms with E-state index >= 15 is 0 Å². The number of amides is 1. The molecule has 166 valence electrons. The summed E-state index contributed by atoms with van der Waals surface area (Å²) >= 11 is 0. The van der Waals surface area contributed by atoms with Gasteiger partial charge in [0.1, 0.15) is 18.1 Å². The summed E-state index contributed by atoms with van der Waals surface area (Å²) in [5.41, 5.74) is 6.00. The highest BCUT2D eigenvalue weighted by atomic mass is 16.6. The number of carbonyl (C=O) groups is 1. The highest BCUT2D eigenvalue weighted by Crippen LogP contribution is 2.34. The zero-order valence-corrected chi connectivity index (χ0v) is 16.6. The van der Waals surface area contributed by atoms with Crippen LogP contribution in [0.25, 0.3) is 11.2 Å². The second kappa shape index (κ2) is 8.47. The highest BCUT2D eigenvalue weighted by Gasteiger charge is 2.27. The van der Waals surface area contributed by atoms with E-state index in [2.05, 4.69) is 20.3 Å². The van der Waals surface area contributed by atoms with Gasteiger partial charge in [0, 0.05) is 12.6 Å². The number of phenols is 2. The van der Waals surface area contributed by atoms with Crippen molar-refractivity contribution in [1.82, 2.24) is 24.8 Å². The number of nitro benzene ring substituents is 1. The van der Waals surface area contributed by atoms with E-state index in [1.807, 2.05) is 0 Å². The second-order valence-electron chi connectivity index (χ2n) is 7.05. The Bertz CT molecular complexity index is 1220. The summed E-state index contributed by atoms with van der Waals surface area (Å²) in [5.74, 6) is -1.94. The maximum Gasteiger partial charge on any atom is 0.274 e. The molecule has 4 rings (SSSR count). The first kappa shape index (κ1) is 21.0. The van der Waals surface area contributed by atoms with Gasteiger partial charge < -0.3 is 26.0 Å². The molecule has 5 N–H and O–H groups in total. The van der Waals surface area contributed by atoms with Gasteiger partial charge >= 0.3 is 0 Å². The zero-order valence-electron chi connectivity index (χ0n) is 16.6. The fraction of sp³-hybridized carbons (Fsp3) is 0.263. The average Bonchev–Trinajstić information content (AvgIpc) is 3.40. The molecule has 1 fully saturated rings. The molecular weight excluding hydrogens is 422 g/mol. The normalized spacial score (nSPS) is 18.4. The Hall–Kier alpha value is -4.26. The number of ether oxygens (including phenoxy) is 1. The molecule has 1 aliphatic rings. The molecule has 0 saturated carbocycles. The predicted molar refractivity (Wildman–Crippen MR) is 111 cm³/mol. The van der Waals surface area contributed by atoms with Crippen molar-refractivity contribution in [1.29, 1.82) is 0 Å². The number of anilines is 1. The monoisotopic (exact) mass is 441 g/mol. The van der Waals surface area contributed by atoms with E-state index in [1.54, 1.807) is 23.0 Å². The smallest absolute Gasteiger partial charge is 0.274 e. The summed E-state index contributed by atoms with van der Waals surface area (Å²) < 4.78 is 7.79. The van der Waals surface area contributed by atoms with E-state index in [0.717, 1.165) is 25.0 Å². The van der Waals surface area contributed by atoms with Crippen LogP contribution in [-0.2, 0) is 4.74 Å². The van der Waals surface area contributed by atoms with Crippen molar-refractivity contribution in [2.24, 2.45) is 0 Å². The number of imidazole rings is 1. The van der Waals surface area contributed by atoms with Crippen molar-refractivity contribution in [3.05, 3.63) is 52.6 Å². The summed E-state index contributed by atoms with van der Waals surface area (Å²) in [6.07, 6.45) is 7.40. The van der Waals surface area contributed by atoms with Crippen molar-refractivity contribution in [3.63, 3.8) is 0 Å². The van der Waals surface area contributed by atoms with Gasteiger partial charge in [-0.2, -0.15) is 0 Å². The molecule has 0 bridgehead atoms. The number of hydrogen-bond acceptors (Lipinski definition) is 10. The topological polar surface area (TPSA) is 192 Å². The summed E-state index contributed by atoms with van der Waals surface area (Å²) in [5, 5.41) is 32.8. The second-order valence-corrected chi connectivity index (χ2v) is 7.05. The molecule has 13 heteroatoms. The predicted octanol–water partition coefficient (Wildman–Crippen LogP) is 1.39. The molecule has 3 heterocycles. The minimum Gasteiger partial charge on any atom is -0.504 e. The first-order valence-corrected chi connectivity index (χ1v) is 9.59. The molecule has 0 unspecified atom stereocenters. The van der Waals surface area contributed by atoms with E-state index < -0.39 is 33.6 Å². The van der Waals surface area contributed by atoms with Gasteiger partial charge in [0.05, 0.1) is 29.0 Å². The molecule has 1 amide bonds. The summed E-state index contributed by atoms with van der Waals surface area (Å²) in [6, 6.07) is 1.66. The summed E-state index contributed by atoms with van der Waals surface area (Å²) in [6.45, 7) is 0.0873. The number of hydrogen-bond donors (Lipinski definition) is 4. The van der Waals surface area contributed by atoms with Crippen LogP contribution in [0, 0.1) is 10.1 Å². The van der Waals surface area contributed by atoms with Crippen LogP contribution in [0.2, 0.25) is 0 Å². The largest absolute Gasteiger partial charge is 0.504 e. The average molecular weight is 441 g/mol. The molecule has 2 atom stereocenters. The first-order valence-electron chi connectivity index (χ1n) is 9.59. The van der Waals surface area contributed by atoms with Gasteiger partial charge in [-0.3, -0.25) is 19.5 Å². The number of nitro groups is 1. The van der Waals surface area contributed by atoms with Crippen LogP contribution in [0.15, 0.2) is 36.9 Å². The number of nitrogens with one attached hydrogen (secondary N) is 1. The highest BCUT2D eigenvalue weighted by molar-refractivity contribution is 5.98. The molecule has 1 aliphatic heterocycles. The Kier molecular flexibility index (Phi) is 5.55. The number of non-ortho nitro benzene ring substituents is 1. The lowest BCUT2D eigenvalue weighted by atomic mass is 10.1. The van der Waals surface area contributed by atoms with Crippen LogP contribution >= 0.6 is 0 Å². The zero-order chi connectivity index (χ0) is 22.8. The van der Waals surface area contributed by atoms with E-state index in [1.165, 1.54) is 6.33 Å². The summed E-state index contributed by atoms with van der Waals surface area (Å²) in [4.78, 5) is 34.7. The number of fused-ring (bicyclic) bond motifs is 1. The number of phenolic OH excluding ortho intramolecular Hbond substituents is 2. The number of nitrogens with zero attached hydrogens (tertiary/aromatic N) is 5. The molecule has 1 saturated heterocycles. The third kappa shape index (κ3) is 4.00. The fourth-order valence-corrected chi connectivity index (χ4v) is 3.42. The minimum absolute atomic E-state index is 0.0873. The number of aromatic hydroxyl groups is 2. The molecule has 0 radical (unpaired) electrons. The molecule has 13 nitrogen and oxygen atoms in total. The lowest BCUT2D eigenvalue weighted by Crippen LogP contribution is -2.23. The summed E-state index contributed by atoms with van der Waals surface area (Å²) in [7, 11) is 0. The molecule has 0 aliphatic carbocycles. The Morgan fingerprint density at radius 2 is 2.16 bits per heavy atom. The SMILES string of the molecule is Nc1ncnc2c1ncn2[C@H]1CC[C@@H](/C=C/CNC(=O)c2cc([N+](=O)[O-])cc(O)c2O)O1. The number of aromatic nitrogens is 4. The van der Waals surface area contributed by atoms with E-state index in [-0.39, 0.29) is 18.9 Å². The lowest BCUT2D eigenvalue weighted by Gasteiger charge is -2.13. The maximum absolute atomic E-state index is 12.2. The van der Waals surface area contributed by atoms with Crippen LogP contribution in [0.4, 0.5) is 11.5 Å². The third-order valence-corrected chi connectivity index (χ3v) is 4.99.